The van der Waals surface area contributed by atoms with E-state index in [0.29, 0.717) is 17.5 Å². The molecule has 3 aliphatic rings. The van der Waals surface area contributed by atoms with E-state index in [1.165, 1.54) is 40.9 Å². The number of hydrogen-bond acceptors (Lipinski definition) is 1. The van der Waals surface area contributed by atoms with Gasteiger partial charge in [-0.3, -0.25) is 0 Å². The average molecular weight is 600 g/mol. The number of anilines is 3. The van der Waals surface area contributed by atoms with Crippen LogP contribution in [0.5, 0.6) is 0 Å². The number of fused-ring (bicyclic) bond motifs is 4. The van der Waals surface area contributed by atoms with Crippen molar-refractivity contribution in [1.29, 1.82) is 0 Å². The second kappa shape index (κ2) is 14.3. The first-order valence-corrected chi connectivity index (χ1v) is 13.2. The molecule has 0 bridgehead atoms. The van der Waals surface area contributed by atoms with Crippen molar-refractivity contribution in [3.8, 4) is 0 Å². The maximum atomic E-state index is 13.7. The summed E-state index contributed by atoms with van der Waals surface area (Å²) in [5.74, 6) is 0.770. The van der Waals surface area contributed by atoms with Crippen LogP contribution in [0, 0.1) is 45.8 Å². The van der Waals surface area contributed by atoms with Gasteiger partial charge < -0.3 is 37.5 Å². The first kappa shape index (κ1) is 34.9. The van der Waals surface area contributed by atoms with Gasteiger partial charge in [0.2, 0.25) is 0 Å². The van der Waals surface area contributed by atoms with Crippen LogP contribution in [0.2, 0.25) is 0 Å². The molecule has 0 N–H and O–H groups in total. The largest absolute Gasteiger partial charge is 4.00 e. The first-order chi connectivity index (χ1) is 18.5. The summed E-state index contributed by atoms with van der Waals surface area (Å²) >= 11 is 0. The summed E-state index contributed by atoms with van der Waals surface area (Å²) in [7, 11) is 0. The molecule has 7 rings (SSSR count). The number of hydrogen-bond donors (Lipinski definition) is 0. The number of rotatable bonds is 2. The molecule has 2 heterocycles. The van der Waals surface area contributed by atoms with Crippen LogP contribution in [-0.2, 0) is 28.3 Å². The summed E-state index contributed by atoms with van der Waals surface area (Å²) in [5.41, 5.74) is 5.56. The fraction of sp³-hybridized carbons (Fsp3) is 0.222. The number of amidine groups is 1. The Kier molecular flexibility index (Phi) is 11.9. The molecule has 0 radical (unpaired) electrons. The van der Waals surface area contributed by atoms with E-state index in [2.05, 4.69) is 73.3 Å². The predicted molar refractivity (Wildman–Crippen MR) is 170 cm³/mol. The molecule has 0 aromatic heterocycles. The first-order valence-electron chi connectivity index (χ1n) is 13.2. The molecule has 0 spiro atoms. The molecule has 4 atom stereocenters. The van der Waals surface area contributed by atoms with Gasteiger partial charge in [-0.25, -0.2) is 8.78 Å². The molecule has 1 aliphatic carbocycles. The molecule has 4 aromatic rings. The van der Waals surface area contributed by atoms with Crippen molar-refractivity contribution in [2.24, 2.45) is 11.8 Å². The average Bonchev–Trinajstić information content (AvgIpc) is 3.54. The van der Waals surface area contributed by atoms with Gasteiger partial charge in [0, 0.05) is 29.0 Å². The van der Waals surface area contributed by atoms with Crippen molar-refractivity contribution < 1.29 is 30.5 Å². The fourth-order valence-electron chi connectivity index (χ4n) is 6.46. The maximum absolute atomic E-state index is 13.7. The second-order valence-electron chi connectivity index (χ2n) is 10.6. The third-order valence-corrected chi connectivity index (χ3v) is 8.45. The SMILES string of the molecule is CC1CC2c3ccccc3N(c3ccccc3)C2C1C.[CH3-].[CH3-].[CH3-].[N-]=C1c2ccccc2CN1c1c(F)cccc1F.[Ti+4]. The van der Waals surface area contributed by atoms with Gasteiger partial charge >= 0.3 is 21.7 Å². The summed E-state index contributed by atoms with van der Waals surface area (Å²) in [6.45, 7) is 5.10. The van der Waals surface area contributed by atoms with E-state index >= 15 is 0 Å². The summed E-state index contributed by atoms with van der Waals surface area (Å²) < 4.78 is 27.4. The second-order valence-corrected chi connectivity index (χ2v) is 10.6. The molecule has 3 nitrogen and oxygen atoms in total. The number of halogens is 2. The van der Waals surface area contributed by atoms with Crippen molar-refractivity contribution in [2.75, 3.05) is 9.80 Å². The molecule has 2 aliphatic heterocycles. The third-order valence-electron chi connectivity index (χ3n) is 8.45. The summed E-state index contributed by atoms with van der Waals surface area (Å²) in [5, 5.41) is 10.1. The fourth-order valence-corrected chi connectivity index (χ4v) is 6.46. The maximum Gasteiger partial charge on any atom is 4.00 e. The number of benzene rings is 4. The molecule has 4 unspecified atom stereocenters. The Balaban J connectivity index is 0.000000269. The van der Waals surface area contributed by atoms with Crippen LogP contribution in [-0.4, -0.2) is 11.9 Å². The van der Waals surface area contributed by atoms with Gasteiger partial charge in [0.15, 0.2) is 0 Å². The van der Waals surface area contributed by atoms with Crippen LogP contribution in [0.15, 0.2) is 97.1 Å². The van der Waals surface area contributed by atoms with Gasteiger partial charge in [-0.2, -0.15) is 0 Å². The number of para-hydroxylation sites is 3. The molecule has 216 valence electrons. The molecule has 1 saturated carbocycles. The van der Waals surface area contributed by atoms with Crippen molar-refractivity contribution in [2.45, 2.75) is 38.8 Å². The van der Waals surface area contributed by atoms with Crippen molar-refractivity contribution in [3.05, 3.63) is 153 Å². The van der Waals surface area contributed by atoms with Crippen molar-refractivity contribution in [3.63, 3.8) is 0 Å². The molecule has 0 saturated heterocycles. The van der Waals surface area contributed by atoms with Crippen LogP contribution in [0.4, 0.5) is 25.8 Å². The van der Waals surface area contributed by atoms with Crippen molar-refractivity contribution in [1.82, 2.24) is 0 Å². The minimum absolute atomic E-state index is 0. The van der Waals surface area contributed by atoms with Crippen LogP contribution >= 0.6 is 0 Å². The predicted octanol–water partition coefficient (Wildman–Crippen LogP) is 9.62. The zero-order valence-electron chi connectivity index (χ0n) is 25.1. The van der Waals surface area contributed by atoms with Crippen LogP contribution in [0.1, 0.15) is 42.9 Å². The molecular formula is C36H39F2N3Ti. The van der Waals surface area contributed by atoms with E-state index in [1.54, 1.807) is 17.7 Å². The van der Waals surface area contributed by atoms with Crippen LogP contribution in [0.25, 0.3) is 5.41 Å². The van der Waals surface area contributed by atoms with E-state index in [-0.39, 0.29) is 62.1 Å². The molecule has 0 amide bonds. The minimum Gasteiger partial charge on any atom is -0.464 e. The van der Waals surface area contributed by atoms with Gasteiger partial charge in [-0.05, 0) is 71.8 Å². The van der Waals surface area contributed by atoms with E-state index in [4.69, 9.17) is 0 Å². The van der Waals surface area contributed by atoms with Gasteiger partial charge in [0.05, 0.1) is 0 Å². The molecular weight excluding hydrogens is 560 g/mol. The Morgan fingerprint density at radius 2 is 1.33 bits per heavy atom. The zero-order chi connectivity index (χ0) is 26.4. The standard InChI is InChI=1S/C19H21N.C14H9F2N2.3CH3.Ti/c1-13-12-17-16-10-6-7-11-18(16)20(19(17)14(13)2)15-8-4-3-5-9-15;15-11-6-3-7-12(16)13(11)18-8-9-4-1-2-5-10(9)14(18)17;;;;/h3-11,13-14,17,19H,12H2,1-2H3;1-7H,8H2;3*1H3;/q;4*-1;+4. The molecule has 4 aromatic carbocycles. The van der Waals surface area contributed by atoms with Gasteiger partial charge in [-0.15, -0.1) is 0 Å². The Morgan fingerprint density at radius 3 is 2.00 bits per heavy atom. The topological polar surface area (TPSA) is 28.8 Å². The summed E-state index contributed by atoms with van der Waals surface area (Å²) in [4.78, 5) is 3.84. The smallest absolute Gasteiger partial charge is 0.464 e. The minimum atomic E-state index is -0.686. The third kappa shape index (κ3) is 5.95. The normalized spacial score (nSPS) is 20.8. The van der Waals surface area contributed by atoms with E-state index < -0.39 is 11.6 Å². The van der Waals surface area contributed by atoms with Gasteiger partial charge in [0.1, 0.15) is 11.6 Å². The quantitative estimate of drug-likeness (QED) is 0.170. The van der Waals surface area contributed by atoms with E-state index in [0.717, 1.165) is 17.4 Å². The number of nitrogens with zero attached hydrogens (tertiary/aromatic N) is 3. The summed E-state index contributed by atoms with van der Waals surface area (Å²) in [6, 6.07) is 31.3. The van der Waals surface area contributed by atoms with Crippen LogP contribution < -0.4 is 9.80 Å². The Bertz CT molecular complexity index is 1470. The Hall–Kier alpha value is -3.28. The van der Waals surface area contributed by atoms with E-state index in [9.17, 15) is 14.2 Å². The monoisotopic (exact) mass is 599 g/mol. The van der Waals surface area contributed by atoms with Crippen molar-refractivity contribution >= 4 is 22.9 Å². The Morgan fingerprint density at radius 1 is 0.738 bits per heavy atom. The zero-order valence-corrected chi connectivity index (χ0v) is 26.6. The molecule has 6 heteroatoms. The molecule has 1 fully saturated rings. The molecule has 42 heavy (non-hydrogen) atoms. The summed E-state index contributed by atoms with van der Waals surface area (Å²) in [6.07, 6.45) is 1.33. The van der Waals surface area contributed by atoms with Gasteiger partial charge in [0.25, 0.3) is 0 Å². The van der Waals surface area contributed by atoms with Crippen LogP contribution in [0.3, 0.4) is 0 Å². The van der Waals surface area contributed by atoms with Gasteiger partial charge in [-0.1, -0.05) is 86.4 Å². The van der Waals surface area contributed by atoms with E-state index in [1.807, 2.05) is 12.1 Å². The Labute approximate surface area is 266 Å².